The smallest absolute Gasteiger partial charge is 0.257 e. The van der Waals surface area contributed by atoms with Crippen LogP contribution in [-0.2, 0) is 16.6 Å². The second-order valence-corrected chi connectivity index (χ2v) is 9.09. The van der Waals surface area contributed by atoms with Crippen LogP contribution in [0.1, 0.15) is 30.2 Å². The van der Waals surface area contributed by atoms with Crippen LogP contribution in [0.4, 0.5) is 0 Å². The summed E-state index contributed by atoms with van der Waals surface area (Å²) in [5.74, 6) is 2.10. The van der Waals surface area contributed by atoms with Crippen molar-refractivity contribution >= 4 is 21.4 Å². The van der Waals surface area contributed by atoms with Gasteiger partial charge in [-0.1, -0.05) is 12.1 Å². The first-order chi connectivity index (χ1) is 12.5. The largest absolute Gasteiger partial charge is 0.497 e. The highest BCUT2D eigenvalue weighted by Gasteiger charge is 2.30. The van der Waals surface area contributed by atoms with E-state index in [-0.39, 0.29) is 10.8 Å². The fraction of sp³-hybridized carbons (Fsp3) is 0.294. The van der Waals surface area contributed by atoms with Gasteiger partial charge in [0.25, 0.3) is 5.89 Å². The molecule has 0 atom stereocenters. The van der Waals surface area contributed by atoms with Gasteiger partial charge >= 0.3 is 0 Å². The maximum absolute atomic E-state index is 12.5. The standard InChI is InChI=1S/C17H17N3O4S2/c1-23-13-6-2-11(3-7-13)10-18-26(21,22)15-9-8-14(25-15)17-20-19-16(24-17)12-4-5-12/h2-3,6-9,12,18H,4-5,10H2,1H3. The molecule has 1 aromatic carbocycles. The van der Waals surface area contributed by atoms with Gasteiger partial charge in [-0.2, -0.15) is 0 Å². The summed E-state index contributed by atoms with van der Waals surface area (Å²) in [6.07, 6.45) is 2.14. The summed E-state index contributed by atoms with van der Waals surface area (Å²) in [6.45, 7) is 0.200. The minimum Gasteiger partial charge on any atom is -0.497 e. The van der Waals surface area contributed by atoms with Crippen LogP contribution < -0.4 is 9.46 Å². The van der Waals surface area contributed by atoms with Gasteiger partial charge < -0.3 is 9.15 Å². The van der Waals surface area contributed by atoms with Crippen LogP contribution in [0.5, 0.6) is 5.75 Å². The lowest BCUT2D eigenvalue weighted by Gasteiger charge is -2.06. The number of nitrogens with zero attached hydrogens (tertiary/aromatic N) is 2. The minimum absolute atomic E-state index is 0.200. The lowest BCUT2D eigenvalue weighted by Crippen LogP contribution is -2.22. The summed E-state index contributed by atoms with van der Waals surface area (Å²) in [5.41, 5.74) is 0.845. The van der Waals surface area contributed by atoms with Crippen molar-refractivity contribution in [2.45, 2.75) is 29.5 Å². The van der Waals surface area contributed by atoms with Crippen molar-refractivity contribution in [2.24, 2.45) is 0 Å². The predicted octanol–water partition coefficient (Wildman–Crippen LogP) is 3.16. The van der Waals surface area contributed by atoms with E-state index in [2.05, 4.69) is 14.9 Å². The predicted molar refractivity (Wildman–Crippen MR) is 96.6 cm³/mol. The van der Waals surface area contributed by atoms with E-state index in [0.717, 1.165) is 35.5 Å². The molecule has 9 heteroatoms. The lowest BCUT2D eigenvalue weighted by atomic mass is 10.2. The van der Waals surface area contributed by atoms with Crippen LogP contribution in [0.15, 0.2) is 45.0 Å². The number of nitrogens with one attached hydrogen (secondary N) is 1. The van der Waals surface area contributed by atoms with Gasteiger partial charge in [-0.05, 0) is 42.7 Å². The Bertz CT molecular complexity index is 1000. The highest BCUT2D eigenvalue weighted by Crippen LogP contribution is 2.40. The summed E-state index contributed by atoms with van der Waals surface area (Å²) in [5, 5.41) is 8.05. The molecule has 2 aromatic heterocycles. The van der Waals surface area contributed by atoms with E-state index in [1.807, 2.05) is 12.1 Å². The van der Waals surface area contributed by atoms with Gasteiger partial charge in [0.1, 0.15) is 9.96 Å². The molecule has 0 spiro atoms. The SMILES string of the molecule is COc1ccc(CNS(=O)(=O)c2ccc(-c3nnc(C4CC4)o3)s2)cc1. The van der Waals surface area contributed by atoms with Gasteiger partial charge in [0.2, 0.25) is 15.9 Å². The number of ether oxygens (including phenoxy) is 1. The summed E-state index contributed by atoms with van der Waals surface area (Å²) in [6, 6.07) is 10.5. The Labute approximate surface area is 155 Å². The third-order valence-corrected chi connectivity index (χ3v) is 7.02. The van der Waals surface area contributed by atoms with Crippen LogP contribution in [0.25, 0.3) is 10.8 Å². The monoisotopic (exact) mass is 391 g/mol. The van der Waals surface area contributed by atoms with E-state index in [4.69, 9.17) is 9.15 Å². The summed E-state index contributed by atoms with van der Waals surface area (Å²) >= 11 is 1.11. The molecule has 0 saturated heterocycles. The first-order valence-corrected chi connectivity index (χ1v) is 10.4. The van der Waals surface area contributed by atoms with E-state index in [9.17, 15) is 8.42 Å². The van der Waals surface area contributed by atoms with Crippen molar-refractivity contribution in [1.29, 1.82) is 0 Å². The highest BCUT2D eigenvalue weighted by atomic mass is 32.2. The molecular formula is C17H17N3O4S2. The molecule has 1 aliphatic carbocycles. The van der Waals surface area contributed by atoms with Crippen molar-refractivity contribution in [3.63, 3.8) is 0 Å². The molecule has 0 amide bonds. The molecule has 2 heterocycles. The van der Waals surface area contributed by atoms with Crippen LogP contribution >= 0.6 is 11.3 Å². The average Bonchev–Trinajstić information content (AvgIpc) is 3.18. The Morgan fingerprint density at radius 3 is 2.65 bits per heavy atom. The molecule has 4 rings (SSSR count). The molecule has 0 aliphatic heterocycles. The maximum atomic E-state index is 12.5. The third kappa shape index (κ3) is 3.64. The Morgan fingerprint density at radius 1 is 1.19 bits per heavy atom. The van der Waals surface area contributed by atoms with Crippen molar-refractivity contribution < 1.29 is 17.6 Å². The molecular weight excluding hydrogens is 374 g/mol. The summed E-state index contributed by atoms with van der Waals surface area (Å²) < 4.78 is 38.6. The van der Waals surface area contributed by atoms with Gasteiger partial charge in [-0.25, -0.2) is 13.1 Å². The topological polar surface area (TPSA) is 94.3 Å². The Kier molecular flexibility index (Phi) is 4.51. The highest BCUT2D eigenvalue weighted by molar-refractivity contribution is 7.91. The zero-order valence-electron chi connectivity index (χ0n) is 14.0. The fourth-order valence-electron chi connectivity index (χ4n) is 2.40. The fourth-order valence-corrected chi connectivity index (χ4v) is 4.69. The molecule has 0 bridgehead atoms. The summed E-state index contributed by atoms with van der Waals surface area (Å²) in [4.78, 5) is 0.647. The van der Waals surface area contributed by atoms with E-state index in [1.165, 1.54) is 0 Å². The second kappa shape index (κ2) is 6.82. The zero-order chi connectivity index (χ0) is 18.1. The van der Waals surface area contributed by atoms with Crippen molar-refractivity contribution in [3.05, 3.63) is 47.9 Å². The van der Waals surface area contributed by atoms with E-state index >= 15 is 0 Å². The average molecular weight is 391 g/mol. The number of rotatable bonds is 7. The minimum atomic E-state index is -3.61. The maximum Gasteiger partial charge on any atom is 0.257 e. The van der Waals surface area contributed by atoms with E-state index < -0.39 is 10.0 Å². The zero-order valence-corrected chi connectivity index (χ0v) is 15.6. The first kappa shape index (κ1) is 17.2. The van der Waals surface area contributed by atoms with Crippen LogP contribution in [0, 0.1) is 0 Å². The molecule has 1 aliphatic rings. The normalized spacial score (nSPS) is 14.5. The number of sulfonamides is 1. The van der Waals surface area contributed by atoms with Crippen molar-refractivity contribution in [3.8, 4) is 16.5 Å². The van der Waals surface area contributed by atoms with Gasteiger partial charge in [0.05, 0.1) is 12.0 Å². The number of aromatic nitrogens is 2. The number of benzene rings is 1. The molecule has 1 saturated carbocycles. The molecule has 1 fully saturated rings. The van der Waals surface area contributed by atoms with Crippen LogP contribution in [0.3, 0.4) is 0 Å². The molecule has 7 nitrogen and oxygen atoms in total. The molecule has 1 N–H and O–H groups in total. The first-order valence-electron chi connectivity index (χ1n) is 8.11. The molecule has 136 valence electrons. The second-order valence-electron chi connectivity index (χ2n) is 6.01. The Balaban J connectivity index is 1.46. The van der Waals surface area contributed by atoms with Crippen LogP contribution in [0.2, 0.25) is 0 Å². The molecule has 26 heavy (non-hydrogen) atoms. The number of methoxy groups -OCH3 is 1. The molecule has 3 aromatic rings. The van der Waals surface area contributed by atoms with Gasteiger partial charge in [-0.3, -0.25) is 0 Å². The van der Waals surface area contributed by atoms with Crippen molar-refractivity contribution in [1.82, 2.24) is 14.9 Å². The number of hydrogen-bond acceptors (Lipinski definition) is 7. The van der Waals surface area contributed by atoms with Gasteiger partial charge in [-0.15, -0.1) is 21.5 Å². The van der Waals surface area contributed by atoms with Gasteiger partial charge in [0.15, 0.2) is 0 Å². The quantitative estimate of drug-likeness (QED) is 0.665. The lowest BCUT2D eigenvalue weighted by molar-refractivity contribution is 0.414. The van der Waals surface area contributed by atoms with Crippen LogP contribution in [-0.4, -0.2) is 25.7 Å². The van der Waals surface area contributed by atoms with E-state index in [0.29, 0.717) is 22.6 Å². The Morgan fingerprint density at radius 2 is 1.96 bits per heavy atom. The molecule has 0 unspecified atom stereocenters. The number of thiophene rings is 1. The van der Waals surface area contributed by atoms with Crippen molar-refractivity contribution in [2.75, 3.05) is 7.11 Å². The van der Waals surface area contributed by atoms with Gasteiger partial charge in [0, 0.05) is 12.5 Å². The molecule has 0 radical (unpaired) electrons. The number of hydrogen-bond donors (Lipinski definition) is 1. The third-order valence-electron chi connectivity index (χ3n) is 4.05. The Hall–Kier alpha value is -2.23. The summed E-state index contributed by atoms with van der Waals surface area (Å²) in [7, 11) is -2.02. The van der Waals surface area contributed by atoms with E-state index in [1.54, 1.807) is 31.4 Å².